The molecule has 0 saturated heterocycles. The summed E-state index contributed by atoms with van der Waals surface area (Å²) in [4.78, 5) is 41.7. The van der Waals surface area contributed by atoms with Crippen molar-refractivity contribution in [2.75, 3.05) is 13.1 Å². The first kappa shape index (κ1) is 18.4. The van der Waals surface area contributed by atoms with Crippen LogP contribution in [0.25, 0.3) is 0 Å². The third-order valence-electron chi connectivity index (χ3n) is 5.71. The van der Waals surface area contributed by atoms with Gasteiger partial charge >= 0.3 is 0 Å². The van der Waals surface area contributed by atoms with Crippen LogP contribution in [0, 0.1) is 0 Å². The van der Waals surface area contributed by atoms with Crippen molar-refractivity contribution < 1.29 is 14.4 Å². The standard InChI is InChI=1S/C23H24N2O3/c1-2-3-12-21(26)24-14-13-16-8-4-5-9-17(16)20(24)15-25-22(27)18-10-6-7-11-19(18)23(25)28/h4-11,20H,2-3,12-15H2,1H3. The fourth-order valence-corrected chi connectivity index (χ4v) is 4.20. The van der Waals surface area contributed by atoms with Crippen LogP contribution in [0.3, 0.4) is 0 Å². The summed E-state index contributed by atoms with van der Waals surface area (Å²) < 4.78 is 0. The van der Waals surface area contributed by atoms with Gasteiger partial charge < -0.3 is 4.90 Å². The fourth-order valence-electron chi connectivity index (χ4n) is 4.20. The van der Waals surface area contributed by atoms with Gasteiger partial charge in [0, 0.05) is 13.0 Å². The van der Waals surface area contributed by atoms with E-state index < -0.39 is 0 Å². The number of carbonyl (C=O) groups excluding carboxylic acids is 3. The summed E-state index contributed by atoms with van der Waals surface area (Å²) in [6, 6.07) is 14.6. The van der Waals surface area contributed by atoms with Crippen LogP contribution in [-0.2, 0) is 11.2 Å². The average molecular weight is 376 g/mol. The second-order valence-corrected chi connectivity index (χ2v) is 7.42. The van der Waals surface area contributed by atoms with Gasteiger partial charge in [-0.05, 0) is 36.1 Å². The Hall–Kier alpha value is -2.95. The lowest BCUT2D eigenvalue weighted by Gasteiger charge is -2.39. The molecule has 5 nitrogen and oxygen atoms in total. The van der Waals surface area contributed by atoms with Crippen LogP contribution < -0.4 is 0 Å². The molecular weight excluding hydrogens is 352 g/mol. The van der Waals surface area contributed by atoms with E-state index in [-0.39, 0.29) is 30.3 Å². The lowest BCUT2D eigenvalue weighted by atomic mass is 9.91. The van der Waals surface area contributed by atoms with E-state index in [0.29, 0.717) is 24.1 Å². The Kier molecular flexibility index (Phi) is 4.99. The molecule has 2 heterocycles. The number of unbranched alkanes of at least 4 members (excludes halogenated alkanes) is 1. The van der Waals surface area contributed by atoms with Crippen molar-refractivity contribution in [2.45, 2.75) is 38.6 Å². The maximum atomic E-state index is 12.9. The predicted octanol–water partition coefficient (Wildman–Crippen LogP) is 3.60. The molecule has 1 atom stereocenters. The third kappa shape index (κ3) is 3.11. The van der Waals surface area contributed by atoms with Crippen LogP contribution in [-0.4, -0.2) is 40.6 Å². The molecule has 0 spiro atoms. The van der Waals surface area contributed by atoms with Crippen molar-refractivity contribution in [2.24, 2.45) is 0 Å². The van der Waals surface area contributed by atoms with E-state index in [0.717, 1.165) is 24.8 Å². The molecule has 0 fully saturated rings. The lowest BCUT2D eigenvalue weighted by molar-refractivity contribution is -0.134. The molecule has 3 amide bonds. The number of carbonyl (C=O) groups is 3. The SMILES string of the molecule is CCCCC(=O)N1CCc2ccccc2C1CN1C(=O)c2ccccc2C1=O. The Morgan fingerprint density at radius 2 is 1.64 bits per heavy atom. The second-order valence-electron chi connectivity index (χ2n) is 7.42. The summed E-state index contributed by atoms with van der Waals surface area (Å²) in [5.74, 6) is -0.452. The smallest absolute Gasteiger partial charge is 0.261 e. The summed E-state index contributed by atoms with van der Waals surface area (Å²) in [5.41, 5.74) is 3.11. The van der Waals surface area contributed by atoms with Gasteiger partial charge in [-0.15, -0.1) is 0 Å². The first-order chi connectivity index (χ1) is 13.6. The quantitative estimate of drug-likeness (QED) is 0.749. The molecule has 0 saturated carbocycles. The number of rotatable bonds is 5. The molecular formula is C23H24N2O3. The number of imide groups is 1. The molecule has 2 aromatic carbocycles. The lowest BCUT2D eigenvalue weighted by Crippen LogP contribution is -2.46. The maximum Gasteiger partial charge on any atom is 0.261 e. The Balaban J connectivity index is 1.66. The minimum atomic E-state index is -0.295. The monoisotopic (exact) mass is 376 g/mol. The van der Waals surface area contributed by atoms with Gasteiger partial charge in [0.2, 0.25) is 5.91 Å². The molecule has 0 aliphatic carbocycles. The van der Waals surface area contributed by atoms with Crippen molar-refractivity contribution in [3.05, 3.63) is 70.8 Å². The number of hydrogen-bond donors (Lipinski definition) is 0. The number of benzene rings is 2. The van der Waals surface area contributed by atoms with Crippen molar-refractivity contribution in [3.63, 3.8) is 0 Å². The molecule has 1 unspecified atom stereocenters. The molecule has 28 heavy (non-hydrogen) atoms. The minimum Gasteiger partial charge on any atom is -0.333 e. The molecule has 2 aromatic rings. The van der Waals surface area contributed by atoms with Crippen molar-refractivity contribution in [1.29, 1.82) is 0 Å². The summed E-state index contributed by atoms with van der Waals surface area (Å²) in [6.07, 6.45) is 3.10. The van der Waals surface area contributed by atoms with Crippen LogP contribution in [0.2, 0.25) is 0 Å². The van der Waals surface area contributed by atoms with Gasteiger partial charge in [-0.2, -0.15) is 0 Å². The normalized spacial score (nSPS) is 18.2. The molecule has 4 rings (SSSR count). The van der Waals surface area contributed by atoms with Gasteiger partial charge in [0.1, 0.15) is 0 Å². The topological polar surface area (TPSA) is 57.7 Å². The molecule has 2 aliphatic rings. The highest BCUT2D eigenvalue weighted by Crippen LogP contribution is 2.33. The van der Waals surface area contributed by atoms with Crippen LogP contribution in [0.15, 0.2) is 48.5 Å². The zero-order valence-corrected chi connectivity index (χ0v) is 16.1. The van der Waals surface area contributed by atoms with E-state index in [2.05, 4.69) is 13.0 Å². The van der Waals surface area contributed by atoms with E-state index in [1.165, 1.54) is 10.5 Å². The van der Waals surface area contributed by atoms with Crippen molar-refractivity contribution in [3.8, 4) is 0 Å². The van der Waals surface area contributed by atoms with Crippen LogP contribution in [0.5, 0.6) is 0 Å². The number of amides is 3. The highest BCUT2D eigenvalue weighted by Gasteiger charge is 2.40. The van der Waals surface area contributed by atoms with Gasteiger partial charge in [-0.25, -0.2) is 0 Å². The number of nitrogens with zero attached hydrogens (tertiary/aromatic N) is 2. The molecule has 0 bridgehead atoms. The first-order valence-corrected chi connectivity index (χ1v) is 9.94. The van der Waals surface area contributed by atoms with Gasteiger partial charge in [0.15, 0.2) is 0 Å². The molecule has 0 radical (unpaired) electrons. The number of fused-ring (bicyclic) bond motifs is 2. The zero-order valence-electron chi connectivity index (χ0n) is 16.1. The summed E-state index contributed by atoms with van der Waals surface area (Å²) in [5, 5.41) is 0. The Labute approximate surface area is 164 Å². The van der Waals surface area contributed by atoms with Gasteiger partial charge in [0.05, 0.1) is 23.7 Å². The zero-order chi connectivity index (χ0) is 19.7. The fraction of sp³-hybridized carbons (Fsp3) is 0.348. The third-order valence-corrected chi connectivity index (χ3v) is 5.71. The molecule has 5 heteroatoms. The predicted molar refractivity (Wildman–Crippen MR) is 106 cm³/mol. The average Bonchev–Trinajstić information content (AvgIpc) is 2.97. The Morgan fingerprint density at radius 1 is 1.00 bits per heavy atom. The Morgan fingerprint density at radius 3 is 2.32 bits per heavy atom. The summed E-state index contributed by atoms with van der Waals surface area (Å²) in [6.45, 7) is 2.88. The maximum absolute atomic E-state index is 12.9. The van der Waals surface area contributed by atoms with Gasteiger partial charge in [-0.3, -0.25) is 19.3 Å². The van der Waals surface area contributed by atoms with E-state index in [4.69, 9.17) is 0 Å². The minimum absolute atomic E-state index is 0.0953. The van der Waals surface area contributed by atoms with E-state index in [1.54, 1.807) is 24.3 Å². The summed E-state index contributed by atoms with van der Waals surface area (Å²) >= 11 is 0. The Bertz CT molecular complexity index is 902. The van der Waals surface area contributed by atoms with E-state index in [9.17, 15) is 14.4 Å². The highest BCUT2D eigenvalue weighted by atomic mass is 16.2. The molecule has 0 N–H and O–H groups in total. The molecule has 144 valence electrons. The highest BCUT2D eigenvalue weighted by molar-refractivity contribution is 6.21. The van der Waals surface area contributed by atoms with Crippen LogP contribution in [0.1, 0.15) is 64.1 Å². The molecule has 0 aromatic heterocycles. The second kappa shape index (κ2) is 7.58. The first-order valence-electron chi connectivity index (χ1n) is 9.94. The van der Waals surface area contributed by atoms with E-state index >= 15 is 0 Å². The van der Waals surface area contributed by atoms with Gasteiger partial charge in [-0.1, -0.05) is 49.7 Å². The largest absolute Gasteiger partial charge is 0.333 e. The number of hydrogen-bond acceptors (Lipinski definition) is 3. The molecule has 2 aliphatic heterocycles. The van der Waals surface area contributed by atoms with Crippen molar-refractivity contribution >= 4 is 17.7 Å². The van der Waals surface area contributed by atoms with Gasteiger partial charge in [0.25, 0.3) is 11.8 Å². The van der Waals surface area contributed by atoms with E-state index in [1.807, 2.05) is 23.1 Å². The van der Waals surface area contributed by atoms with Crippen LogP contribution in [0.4, 0.5) is 0 Å². The summed E-state index contributed by atoms with van der Waals surface area (Å²) in [7, 11) is 0. The van der Waals surface area contributed by atoms with Crippen molar-refractivity contribution in [1.82, 2.24) is 9.80 Å². The van der Waals surface area contributed by atoms with Crippen LogP contribution >= 0.6 is 0 Å².